The van der Waals surface area contributed by atoms with Crippen molar-refractivity contribution in [3.8, 4) is 0 Å². The summed E-state index contributed by atoms with van der Waals surface area (Å²) in [6, 6.07) is 4.57. The van der Waals surface area contributed by atoms with Crippen LogP contribution < -0.4 is 5.32 Å². The zero-order valence-corrected chi connectivity index (χ0v) is 13.7. The average Bonchev–Trinajstić information content (AvgIpc) is 3.07. The summed E-state index contributed by atoms with van der Waals surface area (Å²) in [5.74, 6) is 1.42. The smallest absolute Gasteiger partial charge is 0.239 e. The van der Waals surface area contributed by atoms with Crippen LogP contribution in [0.3, 0.4) is 0 Å². The molecular formula is C16H26N2OS. The van der Waals surface area contributed by atoms with Crippen molar-refractivity contribution in [3.05, 3.63) is 22.4 Å². The quantitative estimate of drug-likeness (QED) is 0.837. The zero-order valence-electron chi connectivity index (χ0n) is 12.9. The van der Waals surface area contributed by atoms with E-state index in [0.29, 0.717) is 17.9 Å². The average molecular weight is 294 g/mol. The molecule has 1 amide bonds. The first-order chi connectivity index (χ1) is 9.49. The van der Waals surface area contributed by atoms with Crippen LogP contribution in [-0.2, 0) is 4.79 Å². The van der Waals surface area contributed by atoms with E-state index in [-0.39, 0.29) is 11.9 Å². The van der Waals surface area contributed by atoms with Gasteiger partial charge < -0.3 is 4.90 Å². The van der Waals surface area contributed by atoms with Gasteiger partial charge in [0.1, 0.15) is 0 Å². The summed E-state index contributed by atoms with van der Waals surface area (Å²) in [5.41, 5.74) is 0. The molecule has 3 nitrogen and oxygen atoms in total. The molecule has 2 rings (SSSR count). The predicted molar refractivity (Wildman–Crippen MR) is 84.9 cm³/mol. The van der Waals surface area contributed by atoms with Gasteiger partial charge in [-0.3, -0.25) is 10.1 Å². The number of carbonyl (C=O) groups is 1. The van der Waals surface area contributed by atoms with E-state index in [2.05, 4.69) is 36.7 Å². The lowest BCUT2D eigenvalue weighted by molar-refractivity contribution is -0.131. The van der Waals surface area contributed by atoms with Gasteiger partial charge in [-0.15, -0.1) is 11.3 Å². The molecule has 0 radical (unpaired) electrons. The van der Waals surface area contributed by atoms with Crippen molar-refractivity contribution in [2.24, 2.45) is 11.8 Å². The van der Waals surface area contributed by atoms with Gasteiger partial charge in [-0.1, -0.05) is 19.9 Å². The maximum atomic E-state index is 12.4. The summed E-state index contributed by atoms with van der Waals surface area (Å²) < 4.78 is 0. The SMILES string of the molecule is CC(C)CC(NC(c1cccs1)C1CC1)C(=O)N(C)C. The van der Waals surface area contributed by atoms with Crippen LogP contribution in [0.15, 0.2) is 17.5 Å². The first-order valence-electron chi connectivity index (χ1n) is 7.49. The lowest BCUT2D eigenvalue weighted by atomic mass is 10.0. The highest BCUT2D eigenvalue weighted by atomic mass is 32.1. The second-order valence-electron chi connectivity index (χ2n) is 6.41. The molecule has 1 heterocycles. The van der Waals surface area contributed by atoms with Crippen molar-refractivity contribution < 1.29 is 4.79 Å². The largest absolute Gasteiger partial charge is 0.347 e. The molecule has 1 aliphatic rings. The van der Waals surface area contributed by atoms with E-state index in [9.17, 15) is 4.79 Å². The van der Waals surface area contributed by atoms with Crippen molar-refractivity contribution >= 4 is 17.2 Å². The fraction of sp³-hybridized carbons (Fsp3) is 0.688. The maximum absolute atomic E-state index is 12.4. The molecule has 0 saturated heterocycles. The molecule has 1 saturated carbocycles. The first-order valence-corrected chi connectivity index (χ1v) is 8.37. The van der Waals surface area contributed by atoms with E-state index in [4.69, 9.17) is 0 Å². The Morgan fingerprint density at radius 1 is 1.45 bits per heavy atom. The molecule has 4 heteroatoms. The third kappa shape index (κ3) is 4.06. The van der Waals surface area contributed by atoms with Gasteiger partial charge in [-0.25, -0.2) is 0 Å². The molecule has 0 spiro atoms. The third-order valence-corrected chi connectivity index (χ3v) is 4.73. The van der Waals surface area contributed by atoms with E-state index in [1.165, 1.54) is 17.7 Å². The van der Waals surface area contributed by atoms with Crippen molar-refractivity contribution in [2.75, 3.05) is 14.1 Å². The summed E-state index contributed by atoms with van der Waals surface area (Å²) in [7, 11) is 3.68. The van der Waals surface area contributed by atoms with Gasteiger partial charge in [0.05, 0.1) is 6.04 Å². The minimum atomic E-state index is -0.0716. The Morgan fingerprint density at radius 3 is 2.60 bits per heavy atom. The number of likely N-dealkylation sites (N-methyl/N-ethyl adjacent to an activating group) is 1. The van der Waals surface area contributed by atoms with E-state index in [0.717, 1.165) is 6.42 Å². The molecule has 1 N–H and O–H groups in total. The van der Waals surface area contributed by atoms with Crippen LogP contribution in [0, 0.1) is 11.8 Å². The summed E-state index contributed by atoms with van der Waals surface area (Å²) in [5, 5.41) is 5.77. The van der Waals surface area contributed by atoms with Crippen LogP contribution in [0.5, 0.6) is 0 Å². The van der Waals surface area contributed by atoms with Crippen molar-refractivity contribution in [2.45, 2.75) is 45.2 Å². The standard InChI is InChI=1S/C16H26N2OS/c1-11(2)10-13(16(19)18(3)4)17-15(12-7-8-12)14-6-5-9-20-14/h5-6,9,11-13,15,17H,7-8,10H2,1-4H3. The molecule has 20 heavy (non-hydrogen) atoms. The zero-order chi connectivity index (χ0) is 14.7. The molecule has 0 aromatic carbocycles. The topological polar surface area (TPSA) is 32.3 Å². The van der Waals surface area contributed by atoms with E-state index in [1.54, 1.807) is 16.2 Å². The maximum Gasteiger partial charge on any atom is 0.239 e. The highest BCUT2D eigenvalue weighted by Crippen LogP contribution is 2.42. The van der Waals surface area contributed by atoms with E-state index in [1.807, 2.05) is 14.1 Å². The lowest BCUT2D eigenvalue weighted by Crippen LogP contribution is -2.46. The first kappa shape index (κ1) is 15.5. The molecule has 2 unspecified atom stereocenters. The Labute approximate surface area is 126 Å². The van der Waals surface area contributed by atoms with E-state index < -0.39 is 0 Å². The number of nitrogens with zero attached hydrogens (tertiary/aromatic N) is 1. The Bertz CT molecular complexity index is 424. The van der Waals surface area contributed by atoms with E-state index >= 15 is 0 Å². The fourth-order valence-electron chi connectivity index (χ4n) is 2.59. The summed E-state index contributed by atoms with van der Waals surface area (Å²) in [4.78, 5) is 15.5. The van der Waals surface area contributed by atoms with Crippen LogP contribution in [0.1, 0.15) is 44.0 Å². The van der Waals surface area contributed by atoms with Crippen LogP contribution >= 0.6 is 11.3 Å². The normalized spacial score (nSPS) is 18.1. The minimum Gasteiger partial charge on any atom is -0.347 e. The Morgan fingerprint density at radius 2 is 2.15 bits per heavy atom. The number of hydrogen-bond donors (Lipinski definition) is 1. The third-order valence-electron chi connectivity index (χ3n) is 3.77. The Hall–Kier alpha value is -0.870. The van der Waals surface area contributed by atoms with Gasteiger partial charge in [0.15, 0.2) is 0 Å². The van der Waals surface area contributed by atoms with Gasteiger partial charge >= 0.3 is 0 Å². The highest BCUT2D eigenvalue weighted by molar-refractivity contribution is 7.10. The summed E-state index contributed by atoms with van der Waals surface area (Å²) >= 11 is 1.79. The van der Waals surface area contributed by atoms with Crippen molar-refractivity contribution in [1.29, 1.82) is 0 Å². The monoisotopic (exact) mass is 294 g/mol. The summed E-state index contributed by atoms with van der Waals surface area (Å²) in [6.45, 7) is 4.35. The number of thiophene rings is 1. The van der Waals surface area contributed by atoms with Gasteiger partial charge in [-0.05, 0) is 42.5 Å². The van der Waals surface area contributed by atoms with Gasteiger partial charge in [0.2, 0.25) is 5.91 Å². The molecular weight excluding hydrogens is 268 g/mol. The fourth-order valence-corrected chi connectivity index (χ4v) is 3.47. The molecule has 1 aromatic rings. The van der Waals surface area contributed by atoms with Crippen molar-refractivity contribution in [1.82, 2.24) is 10.2 Å². The number of nitrogens with one attached hydrogen (secondary N) is 1. The van der Waals surface area contributed by atoms with Crippen LogP contribution in [-0.4, -0.2) is 30.9 Å². The van der Waals surface area contributed by atoms with Crippen LogP contribution in [0.2, 0.25) is 0 Å². The number of carbonyl (C=O) groups excluding carboxylic acids is 1. The molecule has 1 aromatic heterocycles. The molecule has 0 bridgehead atoms. The lowest BCUT2D eigenvalue weighted by Gasteiger charge is -2.28. The second kappa shape index (κ2) is 6.72. The highest BCUT2D eigenvalue weighted by Gasteiger charge is 2.36. The summed E-state index contributed by atoms with van der Waals surface area (Å²) in [6.07, 6.45) is 3.45. The van der Waals surface area contributed by atoms with Crippen LogP contribution in [0.25, 0.3) is 0 Å². The van der Waals surface area contributed by atoms with Crippen molar-refractivity contribution in [3.63, 3.8) is 0 Å². The molecule has 1 aliphatic carbocycles. The number of amides is 1. The second-order valence-corrected chi connectivity index (χ2v) is 7.39. The molecule has 2 atom stereocenters. The molecule has 112 valence electrons. The van der Waals surface area contributed by atoms with Gasteiger partial charge in [0, 0.05) is 25.0 Å². The van der Waals surface area contributed by atoms with Gasteiger partial charge in [-0.2, -0.15) is 0 Å². The number of rotatable bonds is 7. The number of hydrogen-bond acceptors (Lipinski definition) is 3. The van der Waals surface area contributed by atoms with Crippen LogP contribution in [0.4, 0.5) is 0 Å². The molecule has 0 aliphatic heterocycles. The predicted octanol–water partition coefficient (Wildman–Crippen LogP) is 3.29. The Kier molecular flexibility index (Phi) is 5.22. The van der Waals surface area contributed by atoms with Gasteiger partial charge in [0.25, 0.3) is 0 Å². The molecule has 1 fully saturated rings. The Balaban J connectivity index is 2.10. The minimum absolute atomic E-state index is 0.0716.